The van der Waals surface area contributed by atoms with Gasteiger partial charge in [0.25, 0.3) is 5.41 Å². The van der Waals surface area contributed by atoms with Crippen molar-refractivity contribution >= 4 is 0 Å². The molecule has 0 amide bonds. The van der Waals surface area contributed by atoms with Crippen LogP contribution in [0.1, 0.15) is 0 Å². The highest BCUT2D eigenvalue weighted by molar-refractivity contribution is 5.46. The summed E-state index contributed by atoms with van der Waals surface area (Å²) in [5.74, 6) is -46.2. The maximum absolute atomic E-state index is 13.7. The molecule has 0 aromatic rings. The van der Waals surface area contributed by atoms with Gasteiger partial charge in [0.05, 0.1) is 5.57 Å². The van der Waals surface area contributed by atoms with E-state index < -0.39 is 65.0 Å². The topological polar surface area (TPSA) is 0 Å². The van der Waals surface area contributed by atoms with Crippen LogP contribution in [0.5, 0.6) is 0 Å². The second kappa shape index (κ2) is 6.22. The molecule has 1 aliphatic rings. The highest BCUT2D eigenvalue weighted by Crippen LogP contribution is 2.75. The number of hydrogen-bond donors (Lipinski definition) is 0. The first-order valence-electron chi connectivity index (χ1n) is 6.53. The lowest BCUT2D eigenvalue weighted by atomic mass is 9.68. The van der Waals surface area contributed by atoms with Gasteiger partial charge < -0.3 is 0 Å². The Bertz CT molecular complexity index is 739. The predicted molar refractivity (Wildman–Crippen MR) is 53.5 cm³/mol. The molecule has 0 aromatic heterocycles. The zero-order chi connectivity index (χ0) is 25.7. The summed E-state index contributed by atoms with van der Waals surface area (Å²) in [5, 5.41) is 0. The molecule has 0 saturated heterocycles. The lowest BCUT2D eigenvalue weighted by molar-refractivity contribution is -0.453. The van der Waals surface area contributed by atoms with Crippen LogP contribution in [0, 0.1) is 5.41 Å². The SMILES string of the molecule is FC1=C(C(C(F)(F)F)(C(F)(F)F)C(F)(F)C(F)(F)C(F)(F)F)C(F)(F)C(F)(F)C1(F)F. The van der Waals surface area contributed by atoms with Crippen molar-refractivity contribution in [3.8, 4) is 0 Å². The standard InChI is InChI=1S/C11F20/c12-2-1(4(13,14)7(19,20)5(2,15)16)3(9(23,24)25,10(26,27)28)6(17,18)8(21,22)11(29,30)31. The third-order valence-corrected chi connectivity index (χ3v) is 4.04. The van der Waals surface area contributed by atoms with E-state index in [-0.39, 0.29) is 0 Å². The van der Waals surface area contributed by atoms with Gasteiger partial charge >= 0.3 is 48.1 Å². The van der Waals surface area contributed by atoms with Gasteiger partial charge in [0.2, 0.25) is 0 Å². The highest BCUT2D eigenvalue weighted by Gasteiger charge is 2.99. The lowest BCUT2D eigenvalue weighted by Gasteiger charge is -2.46. The first-order valence-corrected chi connectivity index (χ1v) is 6.53. The van der Waals surface area contributed by atoms with Crippen molar-refractivity contribution in [3.63, 3.8) is 0 Å². The summed E-state index contributed by atoms with van der Waals surface area (Å²) in [7, 11) is 0. The minimum Gasteiger partial charge on any atom is -0.205 e. The van der Waals surface area contributed by atoms with E-state index in [1.54, 1.807) is 0 Å². The van der Waals surface area contributed by atoms with Gasteiger partial charge in [-0.3, -0.25) is 0 Å². The predicted octanol–water partition coefficient (Wildman–Crippen LogP) is 7.07. The van der Waals surface area contributed by atoms with Gasteiger partial charge in [-0.1, -0.05) is 0 Å². The summed E-state index contributed by atoms with van der Waals surface area (Å²) < 4.78 is 261. The number of rotatable bonds is 3. The van der Waals surface area contributed by atoms with Crippen LogP contribution in [0.15, 0.2) is 11.4 Å². The van der Waals surface area contributed by atoms with Gasteiger partial charge in [-0.05, 0) is 0 Å². The summed E-state index contributed by atoms with van der Waals surface area (Å²) >= 11 is 0. The van der Waals surface area contributed by atoms with Gasteiger partial charge in [-0.25, -0.2) is 4.39 Å². The summed E-state index contributed by atoms with van der Waals surface area (Å²) in [4.78, 5) is 0. The van der Waals surface area contributed by atoms with Crippen molar-refractivity contribution in [2.24, 2.45) is 5.41 Å². The molecule has 0 unspecified atom stereocenters. The summed E-state index contributed by atoms with van der Waals surface area (Å²) in [6.07, 6.45) is -25.5. The summed E-state index contributed by atoms with van der Waals surface area (Å²) in [6.45, 7) is 0. The minimum absolute atomic E-state index is 5.32. The fourth-order valence-electron chi connectivity index (χ4n) is 2.56. The van der Waals surface area contributed by atoms with Crippen molar-refractivity contribution < 1.29 is 87.8 Å². The number of allylic oxidation sites excluding steroid dienone is 2. The summed E-state index contributed by atoms with van der Waals surface area (Å²) in [5.41, 5.74) is -14.6. The van der Waals surface area contributed by atoms with E-state index >= 15 is 0 Å². The molecule has 31 heavy (non-hydrogen) atoms. The Morgan fingerprint density at radius 2 is 0.774 bits per heavy atom. The van der Waals surface area contributed by atoms with Crippen molar-refractivity contribution in [1.82, 2.24) is 0 Å². The molecule has 0 atom stereocenters. The molecule has 0 saturated carbocycles. The molecule has 1 rings (SSSR count). The highest BCUT2D eigenvalue weighted by atomic mass is 19.4. The van der Waals surface area contributed by atoms with Gasteiger partial charge in [0, 0.05) is 0 Å². The van der Waals surface area contributed by atoms with Crippen LogP contribution in [0.3, 0.4) is 0 Å². The van der Waals surface area contributed by atoms with Crippen molar-refractivity contribution in [3.05, 3.63) is 11.4 Å². The molecule has 20 heteroatoms. The first kappa shape index (κ1) is 27.4. The average molecular weight is 512 g/mol. The molecule has 0 heterocycles. The molecule has 0 bridgehead atoms. The largest absolute Gasteiger partial charge is 0.459 e. The van der Waals surface area contributed by atoms with Crippen molar-refractivity contribution in [2.75, 3.05) is 0 Å². The Kier molecular flexibility index (Phi) is 5.50. The average Bonchev–Trinajstić information content (AvgIpc) is 2.54. The van der Waals surface area contributed by atoms with Crippen LogP contribution in [0.4, 0.5) is 87.8 Å². The number of halogens is 20. The molecule has 0 nitrogen and oxygen atoms in total. The molecule has 184 valence electrons. The third-order valence-electron chi connectivity index (χ3n) is 4.04. The van der Waals surface area contributed by atoms with E-state index in [0.717, 1.165) is 0 Å². The zero-order valence-corrected chi connectivity index (χ0v) is 13.1. The Morgan fingerprint density at radius 3 is 0.968 bits per heavy atom. The molecule has 0 spiro atoms. The molecule has 0 radical (unpaired) electrons. The van der Waals surface area contributed by atoms with Crippen molar-refractivity contribution in [2.45, 2.75) is 48.1 Å². The quantitative estimate of drug-likeness (QED) is 0.355. The fraction of sp³-hybridized carbons (Fsp3) is 0.818. The number of alkyl halides is 19. The van der Waals surface area contributed by atoms with Gasteiger partial charge in [0.1, 0.15) is 0 Å². The minimum atomic E-state index is -9.05. The summed E-state index contributed by atoms with van der Waals surface area (Å²) in [6, 6.07) is 0. The molecule has 0 fully saturated rings. The van der Waals surface area contributed by atoms with Crippen molar-refractivity contribution in [1.29, 1.82) is 0 Å². The lowest BCUT2D eigenvalue weighted by Crippen LogP contribution is -2.72. The Morgan fingerprint density at radius 1 is 0.452 bits per heavy atom. The van der Waals surface area contributed by atoms with Crippen LogP contribution >= 0.6 is 0 Å². The van der Waals surface area contributed by atoms with Crippen LogP contribution < -0.4 is 0 Å². The normalized spacial score (nSPS) is 22.8. The Labute approximate surface area is 154 Å². The first-order chi connectivity index (χ1) is 13.0. The van der Waals surface area contributed by atoms with E-state index in [4.69, 9.17) is 0 Å². The Hall–Kier alpha value is -1.66. The van der Waals surface area contributed by atoms with Gasteiger partial charge in [0.15, 0.2) is 5.83 Å². The molecule has 1 aliphatic carbocycles. The van der Waals surface area contributed by atoms with Crippen LogP contribution in [-0.4, -0.2) is 48.1 Å². The molecular weight excluding hydrogens is 512 g/mol. The third kappa shape index (κ3) is 2.83. The smallest absolute Gasteiger partial charge is 0.205 e. The van der Waals surface area contributed by atoms with Gasteiger partial charge in [-0.2, -0.15) is 83.4 Å². The van der Waals surface area contributed by atoms with E-state index in [2.05, 4.69) is 0 Å². The van der Waals surface area contributed by atoms with E-state index in [9.17, 15) is 87.8 Å². The van der Waals surface area contributed by atoms with Crippen LogP contribution in [0.2, 0.25) is 0 Å². The Balaban J connectivity index is 4.48. The van der Waals surface area contributed by atoms with Gasteiger partial charge in [-0.15, -0.1) is 0 Å². The fourth-order valence-corrected chi connectivity index (χ4v) is 2.56. The van der Waals surface area contributed by atoms with E-state index in [1.807, 2.05) is 0 Å². The maximum atomic E-state index is 13.7. The molecular formula is C11F20. The maximum Gasteiger partial charge on any atom is 0.459 e. The molecule has 0 N–H and O–H groups in total. The number of hydrogen-bond acceptors (Lipinski definition) is 0. The zero-order valence-electron chi connectivity index (χ0n) is 13.1. The van der Waals surface area contributed by atoms with Crippen LogP contribution in [-0.2, 0) is 0 Å². The second-order valence-corrected chi connectivity index (χ2v) is 5.80. The molecule has 0 aromatic carbocycles. The van der Waals surface area contributed by atoms with E-state index in [1.165, 1.54) is 0 Å². The monoisotopic (exact) mass is 512 g/mol. The second-order valence-electron chi connectivity index (χ2n) is 5.80. The van der Waals surface area contributed by atoms with Crippen LogP contribution in [0.25, 0.3) is 0 Å². The molecule has 0 aliphatic heterocycles. The van der Waals surface area contributed by atoms with E-state index in [0.29, 0.717) is 0 Å².